The van der Waals surface area contributed by atoms with E-state index in [0.29, 0.717) is 51.7 Å². The lowest BCUT2D eigenvalue weighted by molar-refractivity contribution is -0.135. The van der Waals surface area contributed by atoms with E-state index in [9.17, 15) is 19.2 Å². The van der Waals surface area contributed by atoms with E-state index in [1.165, 1.54) is 0 Å². The van der Waals surface area contributed by atoms with E-state index < -0.39 is 23.5 Å². The predicted molar refractivity (Wildman–Crippen MR) is 151 cm³/mol. The van der Waals surface area contributed by atoms with Crippen molar-refractivity contribution in [2.24, 2.45) is 11.8 Å². The number of Topliss-reactive ketones (excluding diaryl/α,β-unsaturated/α-hetero) is 3. The number of amides is 1. The summed E-state index contributed by atoms with van der Waals surface area (Å²) in [5, 5.41) is 2.92. The Balaban J connectivity index is 1.43. The molecule has 3 heterocycles. The zero-order chi connectivity index (χ0) is 29.4. The highest BCUT2D eigenvalue weighted by atomic mass is 16.6. The van der Waals surface area contributed by atoms with Crippen molar-refractivity contribution in [1.29, 1.82) is 0 Å². The van der Waals surface area contributed by atoms with Gasteiger partial charge in [-0.2, -0.15) is 0 Å². The molecular weight excluding hydrogens is 528 g/mol. The molecule has 0 saturated carbocycles. The number of rotatable bonds is 16. The number of epoxide rings is 1. The molecule has 226 valence electrons. The van der Waals surface area contributed by atoms with Crippen molar-refractivity contribution < 1.29 is 38.1 Å². The fourth-order valence-electron chi connectivity index (χ4n) is 5.56. The SMILES string of the molecule is COc1ccc(C[C@H](NC(=O)[C@H](C)CC(=O)CN2CCOCC2)C(=O)C[C@@H](C[C@H]2CCCO2)C(=O)[C@@]2(C)CO2)cc1. The number of ketones is 3. The van der Waals surface area contributed by atoms with Crippen molar-refractivity contribution in [3.63, 3.8) is 0 Å². The van der Waals surface area contributed by atoms with Crippen LogP contribution in [-0.2, 0) is 39.8 Å². The Hall–Kier alpha value is -2.66. The normalized spacial score (nSPS) is 24.7. The Morgan fingerprint density at radius 2 is 1.80 bits per heavy atom. The summed E-state index contributed by atoms with van der Waals surface area (Å²) in [5.41, 5.74) is -0.00632. The lowest BCUT2D eigenvalue weighted by Gasteiger charge is -2.26. The van der Waals surface area contributed by atoms with Crippen molar-refractivity contribution in [1.82, 2.24) is 10.2 Å². The first kappa shape index (κ1) is 31.3. The highest BCUT2D eigenvalue weighted by Gasteiger charge is 2.50. The van der Waals surface area contributed by atoms with Crippen LogP contribution in [0.1, 0.15) is 51.5 Å². The van der Waals surface area contributed by atoms with Gasteiger partial charge in [-0.1, -0.05) is 19.1 Å². The number of nitrogens with zero attached hydrogens (tertiary/aromatic N) is 1. The van der Waals surface area contributed by atoms with Gasteiger partial charge in [0.1, 0.15) is 17.1 Å². The summed E-state index contributed by atoms with van der Waals surface area (Å²) in [5.74, 6) is -1.15. The third-order valence-corrected chi connectivity index (χ3v) is 8.28. The maximum atomic E-state index is 13.8. The highest BCUT2D eigenvalue weighted by Crippen LogP contribution is 2.34. The lowest BCUT2D eigenvalue weighted by Crippen LogP contribution is -2.46. The molecule has 0 spiro atoms. The van der Waals surface area contributed by atoms with Crippen LogP contribution in [0.5, 0.6) is 5.75 Å². The first-order valence-corrected chi connectivity index (χ1v) is 14.7. The zero-order valence-electron chi connectivity index (χ0n) is 24.5. The van der Waals surface area contributed by atoms with Crippen LogP contribution in [0.25, 0.3) is 0 Å². The molecule has 1 amide bonds. The monoisotopic (exact) mass is 572 g/mol. The average Bonchev–Trinajstić information content (AvgIpc) is 3.51. The summed E-state index contributed by atoms with van der Waals surface area (Å²) >= 11 is 0. The van der Waals surface area contributed by atoms with Crippen molar-refractivity contribution in [3.05, 3.63) is 29.8 Å². The van der Waals surface area contributed by atoms with Crippen LogP contribution in [0.15, 0.2) is 24.3 Å². The molecule has 0 aliphatic carbocycles. The average molecular weight is 573 g/mol. The summed E-state index contributed by atoms with van der Waals surface area (Å²) in [6, 6.07) is 6.48. The third-order valence-electron chi connectivity index (χ3n) is 8.28. The maximum absolute atomic E-state index is 13.8. The molecule has 3 fully saturated rings. The molecule has 1 aromatic carbocycles. The molecule has 1 N–H and O–H groups in total. The molecule has 3 saturated heterocycles. The van der Waals surface area contributed by atoms with Gasteiger partial charge in [0, 0.05) is 44.4 Å². The van der Waals surface area contributed by atoms with E-state index in [4.69, 9.17) is 18.9 Å². The maximum Gasteiger partial charge on any atom is 0.223 e. The second-order valence-electron chi connectivity index (χ2n) is 11.8. The summed E-state index contributed by atoms with van der Waals surface area (Å²) in [6.07, 6.45) is 2.53. The number of nitrogens with one attached hydrogen (secondary N) is 1. The van der Waals surface area contributed by atoms with E-state index in [1.807, 2.05) is 17.0 Å². The van der Waals surface area contributed by atoms with Crippen LogP contribution in [0.3, 0.4) is 0 Å². The van der Waals surface area contributed by atoms with Gasteiger partial charge in [-0.05, 0) is 50.3 Å². The quantitative estimate of drug-likeness (QED) is 0.297. The van der Waals surface area contributed by atoms with Gasteiger partial charge in [0.05, 0.1) is 45.6 Å². The van der Waals surface area contributed by atoms with E-state index in [-0.39, 0.29) is 55.2 Å². The van der Waals surface area contributed by atoms with Crippen molar-refractivity contribution >= 4 is 23.3 Å². The van der Waals surface area contributed by atoms with Gasteiger partial charge in [-0.15, -0.1) is 0 Å². The first-order valence-electron chi connectivity index (χ1n) is 14.7. The summed E-state index contributed by atoms with van der Waals surface area (Å²) in [7, 11) is 1.58. The third kappa shape index (κ3) is 9.16. The largest absolute Gasteiger partial charge is 0.497 e. The number of hydrogen-bond donors (Lipinski definition) is 1. The topological polar surface area (TPSA) is 124 Å². The van der Waals surface area contributed by atoms with Crippen molar-refractivity contribution in [3.8, 4) is 5.75 Å². The number of benzene rings is 1. The van der Waals surface area contributed by atoms with Crippen LogP contribution in [0, 0.1) is 11.8 Å². The summed E-state index contributed by atoms with van der Waals surface area (Å²) in [4.78, 5) is 55.1. The van der Waals surface area contributed by atoms with Crippen LogP contribution < -0.4 is 10.1 Å². The van der Waals surface area contributed by atoms with Gasteiger partial charge in [0.25, 0.3) is 0 Å². The Morgan fingerprint density at radius 1 is 1.10 bits per heavy atom. The molecule has 5 atom stereocenters. The standard InChI is InChI=1S/C31H44N2O8/c1-21(15-24(34)19-33-10-13-39-14-11-33)30(37)32-27(16-22-6-8-25(38-3)9-7-22)28(35)18-23(17-26-5-4-12-40-26)29(36)31(2)20-41-31/h6-9,21,23,26-27H,4-5,10-20H2,1-3H3,(H,32,37)/t21-,23-,26-,27+,31-/m1/s1. The minimum absolute atomic E-state index is 0.0108. The van der Waals surface area contributed by atoms with E-state index in [2.05, 4.69) is 5.32 Å². The van der Waals surface area contributed by atoms with Crippen molar-refractivity contribution in [2.45, 2.75) is 70.1 Å². The molecule has 10 nitrogen and oxygen atoms in total. The Kier molecular flexibility index (Phi) is 11.1. The van der Waals surface area contributed by atoms with Gasteiger partial charge in [0.15, 0.2) is 11.6 Å². The molecule has 0 aromatic heterocycles. The lowest BCUT2D eigenvalue weighted by atomic mass is 9.83. The number of carbonyl (C=O) groups excluding carboxylic acids is 4. The van der Waals surface area contributed by atoms with Gasteiger partial charge in [-0.3, -0.25) is 24.1 Å². The second-order valence-corrected chi connectivity index (χ2v) is 11.8. The molecule has 41 heavy (non-hydrogen) atoms. The summed E-state index contributed by atoms with van der Waals surface area (Å²) < 4.78 is 21.8. The van der Waals surface area contributed by atoms with E-state index >= 15 is 0 Å². The number of methoxy groups -OCH3 is 1. The Bertz CT molecular complexity index is 1060. The number of hydrogen-bond acceptors (Lipinski definition) is 9. The van der Waals surface area contributed by atoms with Crippen LogP contribution in [0.2, 0.25) is 0 Å². The van der Waals surface area contributed by atoms with Crippen LogP contribution in [-0.4, -0.2) is 99.1 Å². The highest BCUT2D eigenvalue weighted by molar-refractivity contribution is 5.97. The molecule has 0 unspecified atom stereocenters. The van der Waals surface area contributed by atoms with Gasteiger partial charge < -0.3 is 24.3 Å². The van der Waals surface area contributed by atoms with Gasteiger partial charge in [0.2, 0.25) is 5.91 Å². The molecule has 1 aromatic rings. The molecule has 4 rings (SSSR count). The van der Waals surface area contributed by atoms with E-state index in [1.54, 1.807) is 33.1 Å². The molecule has 0 bridgehead atoms. The Labute approximate surface area is 242 Å². The smallest absolute Gasteiger partial charge is 0.223 e. The molecular formula is C31H44N2O8. The van der Waals surface area contributed by atoms with Crippen molar-refractivity contribution in [2.75, 3.05) is 53.2 Å². The predicted octanol–water partition coefficient (Wildman–Crippen LogP) is 2.15. The zero-order valence-corrected chi connectivity index (χ0v) is 24.5. The van der Waals surface area contributed by atoms with Crippen LogP contribution >= 0.6 is 0 Å². The fourth-order valence-corrected chi connectivity index (χ4v) is 5.56. The molecule has 0 radical (unpaired) electrons. The molecule has 10 heteroatoms. The first-order chi connectivity index (χ1) is 19.7. The molecule has 3 aliphatic heterocycles. The minimum Gasteiger partial charge on any atom is -0.497 e. The number of ether oxygens (including phenoxy) is 4. The van der Waals surface area contributed by atoms with Gasteiger partial charge in [-0.25, -0.2) is 0 Å². The van der Waals surface area contributed by atoms with E-state index in [0.717, 1.165) is 18.4 Å². The van der Waals surface area contributed by atoms with Gasteiger partial charge >= 0.3 is 0 Å². The van der Waals surface area contributed by atoms with Crippen LogP contribution in [0.4, 0.5) is 0 Å². The Morgan fingerprint density at radius 3 is 2.41 bits per heavy atom. The number of carbonyl (C=O) groups is 4. The molecule has 3 aliphatic rings. The number of morpholine rings is 1. The summed E-state index contributed by atoms with van der Waals surface area (Å²) in [6.45, 7) is 7.34. The fraction of sp³-hybridized carbons (Fsp3) is 0.677. The minimum atomic E-state index is -0.854. The second kappa shape index (κ2) is 14.5.